The summed E-state index contributed by atoms with van der Waals surface area (Å²) in [4.78, 5) is 30.5. The van der Waals surface area contributed by atoms with E-state index < -0.39 is 0 Å². The number of rotatable bonds is 3. The van der Waals surface area contributed by atoms with E-state index in [4.69, 9.17) is 0 Å². The molecule has 1 aliphatic heterocycles. The molecule has 3 aromatic rings. The highest BCUT2D eigenvalue weighted by Crippen LogP contribution is 2.24. The lowest BCUT2D eigenvalue weighted by Crippen LogP contribution is -2.23. The maximum atomic E-state index is 12.5. The smallest absolute Gasteiger partial charge is 0.274 e. The molecule has 0 spiro atoms. The van der Waals surface area contributed by atoms with Crippen LogP contribution < -0.4 is 10.2 Å². The van der Waals surface area contributed by atoms with Crippen molar-refractivity contribution in [3.63, 3.8) is 0 Å². The van der Waals surface area contributed by atoms with E-state index in [9.17, 15) is 9.59 Å². The van der Waals surface area contributed by atoms with Crippen molar-refractivity contribution >= 4 is 34.1 Å². The van der Waals surface area contributed by atoms with E-state index in [0.29, 0.717) is 17.8 Å². The molecule has 1 N–H and O–H groups in total. The maximum Gasteiger partial charge on any atom is 0.274 e. The fraction of sp³-hybridized carbons (Fsp3) is 0.150. The van der Waals surface area contributed by atoms with Crippen LogP contribution in [0.4, 0.5) is 11.4 Å². The summed E-state index contributed by atoms with van der Waals surface area (Å²) in [7, 11) is 0. The van der Waals surface area contributed by atoms with Gasteiger partial charge in [-0.25, -0.2) is 4.98 Å². The van der Waals surface area contributed by atoms with E-state index in [-0.39, 0.29) is 11.8 Å². The third-order valence-corrected chi connectivity index (χ3v) is 4.32. The van der Waals surface area contributed by atoms with Gasteiger partial charge in [-0.1, -0.05) is 30.3 Å². The molecule has 5 heteroatoms. The molecular formula is C20H17N3O2. The number of amides is 2. The number of nitrogens with one attached hydrogen (secondary N) is 1. The molecule has 0 radical (unpaired) electrons. The zero-order valence-corrected chi connectivity index (χ0v) is 13.6. The van der Waals surface area contributed by atoms with Gasteiger partial charge in [0.25, 0.3) is 5.91 Å². The summed E-state index contributed by atoms with van der Waals surface area (Å²) in [5.41, 5.74) is 2.61. The van der Waals surface area contributed by atoms with Crippen LogP contribution in [0.25, 0.3) is 10.9 Å². The SMILES string of the molecule is O=C(Nc1cccc(N2CCCC2=O)c1)c1ccc2ccccc2n1. The van der Waals surface area contributed by atoms with Crippen LogP contribution in [-0.4, -0.2) is 23.3 Å². The highest BCUT2D eigenvalue weighted by molar-refractivity contribution is 6.04. The molecule has 2 aromatic carbocycles. The monoisotopic (exact) mass is 331 g/mol. The van der Waals surface area contributed by atoms with E-state index in [1.807, 2.05) is 54.6 Å². The molecule has 0 saturated carbocycles. The fourth-order valence-electron chi connectivity index (χ4n) is 3.06. The molecular weight excluding hydrogens is 314 g/mol. The Morgan fingerprint density at radius 2 is 1.92 bits per heavy atom. The van der Waals surface area contributed by atoms with Gasteiger partial charge >= 0.3 is 0 Å². The lowest BCUT2D eigenvalue weighted by Gasteiger charge is -2.16. The quantitative estimate of drug-likeness (QED) is 0.797. The van der Waals surface area contributed by atoms with Crippen molar-refractivity contribution in [3.05, 3.63) is 66.4 Å². The Kier molecular flexibility index (Phi) is 3.90. The first-order chi connectivity index (χ1) is 12.2. The van der Waals surface area contributed by atoms with E-state index in [1.165, 1.54) is 0 Å². The molecule has 0 bridgehead atoms. The summed E-state index contributed by atoms with van der Waals surface area (Å²) >= 11 is 0. The number of pyridine rings is 1. The Balaban J connectivity index is 1.56. The van der Waals surface area contributed by atoms with Crippen molar-refractivity contribution < 1.29 is 9.59 Å². The zero-order chi connectivity index (χ0) is 17.2. The summed E-state index contributed by atoms with van der Waals surface area (Å²) in [6.07, 6.45) is 1.45. The Morgan fingerprint density at radius 1 is 1.04 bits per heavy atom. The molecule has 2 heterocycles. The van der Waals surface area contributed by atoms with Crippen molar-refractivity contribution in [2.24, 2.45) is 0 Å². The number of nitrogens with zero attached hydrogens (tertiary/aromatic N) is 2. The molecule has 0 aliphatic carbocycles. The first kappa shape index (κ1) is 15.3. The first-order valence-electron chi connectivity index (χ1n) is 8.28. The van der Waals surface area contributed by atoms with Crippen molar-refractivity contribution in [2.75, 3.05) is 16.8 Å². The van der Waals surface area contributed by atoms with Gasteiger partial charge in [-0.3, -0.25) is 9.59 Å². The Morgan fingerprint density at radius 3 is 2.76 bits per heavy atom. The van der Waals surface area contributed by atoms with E-state index in [2.05, 4.69) is 10.3 Å². The molecule has 2 amide bonds. The fourth-order valence-corrected chi connectivity index (χ4v) is 3.06. The molecule has 0 atom stereocenters. The van der Waals surface area contributed by atoms with Gasteiger partial charge in [-0.15, -0.1) is 0 Å². The maximum absolute atomic E-state index is 12.5. The van der Waals surface area contributed by atoms with Crippen molar-refractivity contribution in [2.45, 2.75) is 12.8 Å². The highest BCUT2D eigenvalue weighted by Gasteiger charge is 2.21. The summed E-state index contributed by atoms with van der Waals surface area (Å²) in [5.74, 6) is -0.143. The molecule has 25 heavy (non-hydrogen) atoms. The summed E-state index contributed by atoms with van der Waals surface area (Å²) in [5, 5.41) is 3.86. The topological polar surface area (TPSA) is 62.3 Å². The molecule has 124 valence electrons. The van der Waals surface area contributed by atoms with Gasteiger partial charge in [-0.2, -0.15) is 0 Å². The molecule has 5 nitrogen and oxygen atoms in total. The van der Waals surface area contributed by atoms with Gasteiger partial charge in [0.05, 0.1) is 5.52 Å². The molecule has 1 aromatic heterocycles. The predicted molar refractivity (Wildman–Crippen MR) is 97.7 cm³/mol. The molecule has 1 aliphatic rings. The van der Waals surface area contributed by atoms with Crippen LogP contribution in [0.3, 0.4) is 0 Å². The number of carbonyl (C=O) groups excluding carboxylic acids is 2. The second-order valence-electron chi connectivity index (χ2n) is 6.04. The van der Waals surface area contributed by atoms with Crippen molar-refractivity contribution in [1.29, 1.82) is 0 Å². The van der Waals surface area contributed by atoms with Gasteiger partial charge in [0.15, 0.2) is 0 Å². The van der Waals surface area contributed by atoms with Crippen molar-refractivity contribution in [1.82, 2.24) is 4.98 Å². The van der Waals surface area contributed by atoms with Crippen LogP contribution in [0.2, 0.25) is 0 Å². The third-order valence-electron chi connectivity index (χ3n) is 4.32. The van der Waals surface area contributed by atoms with Crippen LogP contribution in [0.1, 0.15) is 23.3 Å². The average Bonchev–Trinajstić information content (AvgIpc) is 3.07. The van der Waals surface area contributed by atoms with Crippen molar-refractivity contribution in [3.8, 4) is 0 Å². The van der Waals surface area contributed by atoms with Crippen LogP contribution in [-0.2, 0) is 4.79 Å². The number of hydrogen-bond donors (Lipinski definition) is 1. The van der Waals surface area contributed by atoms with E-state index in [0.717, 1.165) is 29.6 Å². The second kappa shape index (κ2) is 6.36. The standard InChI is InChI=1S/C20H17N3O2/c24-19-9-4-12-23(19)16-7-3-6-15(13-16)21-20(25)18-11-10-14-5-1-2-8-17(14)22-18/h1-3,5-8,10-11,13H,4,9,12H2,(H,21,25). The Labute approximate surface area is 145 Å². The number of anilines is 2. The number of fused-ring (bicyclic) bond motifs is 1. The predicted octanol–water partition coefficient (Wildman–Crippen LogP) is 3.61. The first-order valence-corrected chi connectivity index (χ1v) is 8.28. The van der Waals surface area contributed by atoms with Gasteiger partial charge in [-0.05, 0) is 36.8 Å². The Hall–Kier alpha value is -3.21. The van der Waals surface area contributed by atoms with Crippen LogP contribution in [0.15, 0.2) is 60.7 Å². The lowest BCUT2D eigenvalue weighted by molar-refractivity contribution is -0.117. The highest BCUT2D eigenvalue weighted by atomic mass is 16.2. The zero-order valence-electron chi connectivity index (χ0n) is 13.6. The minimum Gasteiger partial charge on any atom is -0.321 e. The van der Waals surface area contributed by atoms with Gasteiger partial charge in [0, 0.05) is 29.7 Å². The number of hydrogen-bond acceptors (Lipinski definition) is 3. The van der Waals surface area contributed by atoms with Crippen LogP contribution in [0.5, 0.6) is 0 Å². The number of carbonyl (C=O) groups is 2. The lowest BCUT2D eigenvalue weighted by atomic mass is 10.2. The molecule has 1 saturated heterocycles. The van der Waals surface area contributed by atoms with Crippen LogP contribution >= 0.6 is 0 Å². The number of aromatic nitrogens is 1. The third kappa shape index (κ3) is 3.08. The second-order valence-corrected chi connectivity index (χ2v) is 6.04. The van der Waals surface area contributed by atoms with Crippen LogP contribution in [0, 0.1) is 0 Å². The number of benzene rings is 2. The van der Waals surface area contributed by atoms with Gasteiger partial charge < -0.3 is 10.2 Å². The summed E-state index contributed by atoms with van der Waals surface area (Å²) < 4.78 is 0. The summed E-state index contributed by atoms with van der Waals surface area (Å²) in [6, 6.07) is 18.6. The van der Waals surface area contributed by atoms with E-state index in [1.54, 1.807) is 11.0 Å². The van der Waals surface area contributed by atoms with E-state index >= 15 is 0 Å². The van der Waals surface area contributed by atoms with Gasteiger partial charge in [0.1, 0.15) is 5.69 Å². The number of para-hydroxylation sites is 1. The normalized spacial score (nSPS) is 14.1. The summed E-state index contributed by atoms with van der Waals surface area (Å²) in [6.45, 7) is 0.725. The minimum absolute atomic E-state index is 0.125. The molecule has 0 unspecified atom stereocenters. The van der Waals surface area contributed by atoms with Gasteiger partial charge in [0.2, 0.25) is 5.91 Å². The Bertz CT molecular complexity index is 968. The average molecular weight is 331 g/mol. The largest absolute Gasteiger partial charge is 0.321 e. The molecule has 4 rings (SSSR count). The minimum atomic E-state index is -0.268. The molecule has 1 fully saturated rings.